The van der Waals surface area contributed by atoms with E-state index in [1.165, 1.54) is 30.6 Å². The van der Waals surface area contributed by atoms with Crippen LogP contribution in [0.5, 0.6) is 0 Å². The smallest absolute Gasteiger partial charge is 0.219 e. The van der Waals surface area contributed by atoms with Crippen molar-refractivity contribution >= 4 is 16.5 Å². The van der Waals surface area contributed by atoms with E-state index in [4.69, 9.17) is 5.84 Å². The van der Waals surface area contributed by atoms with Gasteiger partial charge in [0.1, 0.15) is 5.01 Å². The summed E-state index contributed by atoms with van der Waals surface area (Å²) in [4.78, 5) is 2.26. The number of nitrogens with zero attached hydrogens (tertiary/aromatic N) is 3. The molecular formula is C9H19N5S. The Kier molecular flexibility index (Phi) is 5.52. The molecule has 0 radical (unpaired) electrons. The summed E-state index contributed by atoms with van der Waals surface area (Å²) in [6.07, 6.45) is 3.79. The normalized spacial score (nSPS) is 10.9. The molecule has 5 nitrogen and oxygen atoms in total. The molecule has 15 heavy (non-hydrogen) atoms. The lowest BCUT2D eigenvalue weighted by Gasteiger charge is -2.13. The Balaban J connectivity index is 2.27. The molecule has 1 aromatic rings. The Morgan fingerprint density at radius 1 is 1.40 bits per heavy atom. The van der Waals surface area contributed by atoms with Gasteiger partial charge in [-0.1, -0.05) is 31.1 Å². The van der Waals surface area contributed by atoms with Gasteiger partial charge in [0.2, 0.25) is 5.13 Å². The third-order valence-corrected chi connectivity index (χ3v) is 2.98. The highest BCUT2D eigenvalue weighted by Gasteiger charge is 2.05. The molecule has 0 aliphatic heterocycles. The van der Waals surface area contributed by atoms with Crippen LogP contribution in [0, 0.1) is 0 Å². The number of nitrogens with two attached hydrogens (primary N) is 1. The molecule has 0 aliphatic rings. The maximum atomic E-state index is 5.24. The molecule has 0 unspecified atom stereocenters. The Bertz CT molecular complexity index is 275. The minimum atomic E-state index is 0.673. The second-order valence-corrected chi connectivity index (χ2v) is 4.65. The summed E-state index contributed by atoms with van der Waals surface area (Å²) < 4.78 is 0. The molecule has 0 saturated carbocycles. The number of hydrogen-bond donors (Lipinski definition) is 2. The van der Waals surface area contributed by atoms with Crippen molar-refractivity contribution in [3.63, 3.8) is 0 Å². The third-order valence-electron chi connectivity index (χ3n) is 2.14. The largest absolute Gasteiger partial charge is 0.300 e. The first-order valence-electron chi connectivity index (χ1n) is 5.23. The molecule has 0 saturated heterocycles. The Labute approximate surface area is 94.7 Å². The van der Waals surface area contributed by atoms with Gasteiger partial charge >= 0.3 is 0 Å². The van der Waals surface area contributed by atoms with E-state index in [1.807, 2.05) is 0 Å². The van der Waals surface area contributed by atoms with Crippen molar-refractivity contribution in [3.05, 3.63) is 5.01 Å². The zero-order valence-electron chi connectivity index (χ0n) is 9.36. The first kappa shape index (κ1) is 12.4. The van der Waals surface area contributed by atoms with Crippen molar-refractivity contribution in [2.75, 3.05) is 19.0 Å². The molecule has 0 atom stereocenters. The van der Waals surface area contributed by atoms with E-state index in [0.717, 1.165) is 18.1 Å². The molecule has 3 N–H and O–H groups in total. The standard InChI is InChI=1S/C9H19N5S/c1-3-4-5-6-14(2)7-8-12-13-9(11-10)15-8/h3-7,10H2,1-2H3,(H,11,13). The monoisotopic (exact) mass is 229 g/mol. The summed E-state index contributed by atoms with van der Waals surface area (Å²) >= 11 is 1.50. The van der Waals surface area contributed by atoms with Gasteiger partial charge in [0, 0.05) is 0 Å². The van der Waals surface area contributed by atoms with Crippen LogP contribution in [0.2, 0.25) is 0 Å². The highest BCUT2D eigenvalue weighted by molar-refractivity contribution is 7.15. The van der Waals surface area contributed by atoms with Gasteiger partial charge in [0.05, 0.1) is 6.54 Å². The fraction of sp³-hybridized carbons (Fsp3) is 0.778. The average molecular weight is 229 g/mol. The summed E-state index contributed by atoms with van der Waals surface area (Å²) in [7, 11) is 2.10. The second-order valence-electron chi connectivity index (χ2n) is 3.59. The molecule has 0 bridgehead atoms. The minimum absolute atomic E-state index is 0.673. The molecule has 1 aromatic heterocycles. The fourth-order valence-corrected chi connectivity index (χ4v) is 2.05. The van der Waals surface area contributed by atoms with Crippen LogP contribution in [0.1, 0.15) is 31.2 Å². The summed E-state index contributed by atoms with van der Waals surface area (Å²) in [5.41, 5.74) is 2.50. The number of nitrogen functional groups attached to an aromatic ring is 1. The van der Waals surface area contributed by atoms with Crippen LogP contribution in [-0.2, 0) is 6.54 Å². The van der Waals surface area contributed by atoms with E-state index in [2.05, 4.69) is 34.5 Å². The molecule has 6 heteroatoms. The van der Waals surface area contributed by atoms with Crippen molar-refractivity contribution in [2.24, 2.45) is 5.84 Å². The molecule has 0 fully saturated rings. The lowest BCUT2D eigenvalue weighted by molar-refractivity contribution is 0.317. The molecule has 86 valence electrons. The first-order chi connectivity index (χ1) is 7.26. The maximum absolute atomic E-state index is 5.24. The van der Waals surface area contributed by atoms with E-state index in [1.54, 1.807) is 0 Å². The van der Waals surface area contributed by atoms with Gasteiger partial charge < -0.3 is 0 Å². The van der Waals surface area contributed by atoms with E-state index < -0.39 is 0 Å². The molecule has 1 rings (SSSR count). The highest BCUT2D eigenvalue weighted by atomic mass is 32.1. The van der Waals surface area contributed by atoms with Crippen LogP contribution in [0.4, 0.5) is 5.13 Å². The number of aromatic nitrogens is 2. The Morgan fingerprint density at radius 2 is 2.20 bits per heavy atom. The van der Waals surface area contributed by atoms with E-state index in [-0.39, 0.29) is 0 Å². The van der Waals surface area contributed by atoms with Gasteiger partial charge in [-0.25, -0.2) is 5.84 Å². The van der Waals surface area contributed by atoms with Crippen LogP contribution in [0.3, 0.4) is 0 Å². The van der Waals surface area contributed by atoms with Crippen LogP contribution in [0.25, 0.3) is 0 Å². The van der Waals surface area contributed by atoms with Gasteiger partial charge in [-0.2, -0.15) is 0 Å². The van der Waals surface area contributed by atoms with Gasteiger partial charge in [-0.05, 0) is 20.0 Å². The summed E-state index contributed by atoms with van der Waals surface area (Å²) in [5, 5.41) is 9.60. The second kappa shape index (κ2) is 6.71. The molecule has 0 aromatic carbocycles. The summed E-state index contributed by atoms with van der Waals surface area (Å²) in [5.74, 6) is 5.24. The number of rotatable bonds is 7. The van der Waals surface area contributed by atoms with Crippen molar-refractivity contribution in [1.29, 1.82) is 0 Å². The minimum Gasteiger partial charge on any atom is -0.300 e. The quantitative estimate of drug-likeness (QED) is 0.421. The Hall–Kier alpha value is -0.720. The van der Waals surface area contributed by atoms with Crippen molar-refractivity contribution in [3.8, 4) is 0 Å². The fourth-order valence-electron chi connectivity index (χ4n) is 1.32. The van der Waals surface area contributed by atoms with Gasteiger partial charge in [-0.15, -0.1) is 10.2 Å². The molecule has 0 aliphatic carbocycles. The predicted molar refractivity (Wildman–Crippen MR) is 63.6 cm³/mol. The zero-order valence-corrected chi connectivity index (χ0v) is 10.2. The number of hydrazine groups is 1. The van der Waals surface area contributed by atoms with Gasteiger partial charge in [0.25, 0.3) is 0 Å². The van der Waals surface area contributed by atoms with Crippen LogP contribution < -0.4 is 11.3 Å². The van der Waals surface area contributed by atoms with Gasteiger partial charge in [-0.3, -0.25) is 10.3 Å². The number of hydrogen-bond acceptors (Lipinski definition) is 6. The zero-order chi connectivity index (χ0) is 11.1. The molecule has 0 spiro atoms. The van der Waals surface area contributed by atoms with E-state index in [9.17, 15) is 0 Å². The number of unbranched alkanes of at least 4 members (excludes halogenated alkanes) is 2. The van der Waals surface area contributed by atoms with Crippen molar-refractivity contribution in [2.45, 2.75) is 32.7 Å². The maximum Gasteiger partial charge on any atom is 0.219 e. The lowest BCUT2D eigenvalue weighted by atomic mass is 10.2. The van der Waals surface area contributed by atoms with Crippen LogP contribution in [-0.4, -0.2) is 28.7 Å². The SMILES string of the molecule is CCCCCN(C)Cc1nnc(NN)s1. The number of nitrogens with one attached hydrogen (secondary N) is 1. The molecular weight excluding hydrogens is 210 g/mol. The highest BCUT2D eigenvalue weighted by Crippen LogP contribution is 2.15. The van der Waals surface area contributed by atoms with E-state index in [0.29, 0.717) is 5.13 Å². The van der Waals surface area contributed by atoms with Crippen molar-refractivity contribution < 1.29 is 0 Å². The van der Waals surface area contributed by atoms with Crippen molar-refractivity contribution in [1.82, 2.24) is 15.1 Å². The topological polar surface area (TPSA) is 67.1 Å². The van der Waals surface area contributed by atoms with Gasteiger partial charge in [0.15, 0.2) is 0 Å². The van der Waals surface area contributed by atoms with E-state index >= 15 is 0 Å². The summed E-state index contributed by atoms with van der Waals surface area (Å²) in [6.45, 7) is 4.17. The Morgan fingerprint density at radius 3 is 2.80 bits per heavy atom. The molecule has 1 heterocycles. The predicted octanol–water partition coefficient (Wildman–Crippen LogP) is 1.45. The van der Waals surface area contributed by atoms with Crippen LogP contribution >= 0.6 is 11.3 Å². The third kappa shape index (κ3) is 4.55. The summed E-state index contributed by atoms with van der Waals surface area (Å²) in [6, 6.07) is 0. The molecule has 0 amide bonds. The number of anilines is 1. The lowest BCUT2D eigenvalue weighted by Crippen LogP contribution is -2.18. The van der Waals surface area contributed by atoms with Crippen LogP contribution in [0.15, 0.2) is 0 Å². The average Bonchev–Trinajstić information content (AvgIpc) is 2.66. The first-order valence-corrected chi connectivity index (χ1v) is 6.05.